The summed E-state index contributed by atoms with van der Waals surface area (Å²) in [5.41, 5.74) is 0. The maximum absolute atomic E-state index is 5.90. The highest BCUT2D eigenvalue weighted by molar-refractivity contribution is 4.86. The Morgan fingerprint density at radius 1 is 1.33 bits per heavy atom. The Balaban J connectivity index is 1.57. The van der Waals surface area contributed by atoms with Gasteiger partial charge < -0.3 is 14.8 Å². The predicted octanol–water partition coefficient (Wildman–Crippen LogP) is 1.43. The normalized spacial score (nSPS) is 35.0. The van der Waals surface area contributed by atoms with E-state index in [0.717, 1.165) is 32.2 Å². The largest absolute Gasteiger partial charge is 0.378 e. The summed E-state index contributed by atoms with van der Waals surface area (Å²) in [4.78, 5) is 0. The Kier molecular flexibility index (Phi) is 4.00. The van der Waals surface area contributed by atoms with Crippen LogP contribution in [0, 0.1) is 11.8 Å². The van der Waals surface area contributed by atoms with E-state index in [1.54, 1.807) is 0 Å². The van der Waals surface area contributed by atoms with Crippen LogP contribution in [0.25, 0.3) is 0 Å². The quantitative estimate of drug-likeness (QED) is 0.701. The van der Waals surface area contributed by atoms with E-state index in [-0.39, 0.29) is 0 Å². The molecule has 2 aliphatic rings. The molecule has 15 heavy (non-hydrogen) atoms. The summed E-state index contributed by atoms with van der Waals surface area (Å²) in [6.07, 6.45) is 3.25. The summed E-state index contributed by atoms with van der Waals surface area (Å²) in [5.74, 6) is 1.46. The molecule has 3 atom stereocenters. The molecule has 0 aliphatic carbocycles. The zero-order chi connectivity index (χ0) is 10.7. The highest BCUT2D eigenvalue weighted by atomic mass is 16.6. The molecule has 3 nitrogen and oxygen atoms in total. The van der Waals surface area contributed by atoms with Crippen molar-refractivity contribution in [1.29, 1.82) is 0 Å². The van der Waals surface area contributed by atoms with Crippen molar-refractivity contribution in [3.05, 3.63) is 0 Å². The lowest BCUT2D eigenvalue weighted by atomic mass is 10.0. The van der Waals surface area contributed by atoms with E-state index >= 15 is 0 Å². The van der Waals surface area contributed by atoms with E-state index in [1.807, 2.05) is 0 Å². The number of fused-ring (bicyclic) bond motifs is 1. The molecule has 1 unspecified atom stereocenters. The predicted molar refractivity (Wildman–Crippen MR) is 59.9 cm³/mol. The van der Waals surface area contributed by atoms with Crippen molar-refractivity contribution in [3.8, 4) is 0 Å². The average molecular weight is 213 g/mol. The van der Waals surface area contributed by atoms with Crippen LogP contribution in [0.5, 0.6) is 0 Å². The van der Waals surface area contributed by atoms with Crippen molar-refractivity contribution in [2.45, 2.75) is 38.9 Å². The lowest BCUT2D eigenvalue weighted by Gasteiger charge is -2.13. The summed E-state index contributed by atoms with van der Waals surface area (Å²) in [6.45, 7) is 8.37. The molecule has 0 spiro atoms. The number of ether oxygens (including phenoxy) is 2. The third kappa shape index (κ3) is 3.16. The molecule has 3 heteroatoms. The summed E-state index contributed by atoms with van der Waals surface area (Å²) in [5, 5.41) is 3.48. The molecule has 0 radical (unpaired) electrons. The fourth-order valence-electron chi connectivity index (χ4n) is 2.37. The summed E-state index contributed by atoms with van der Waals surface area (Å²) >= 11 is 0. The third-order valence-corrected chi connectivity index (χ3v) is 3.34. The first kappa shape index (κ1) is 11.4. The molecule has 0 amide bonds. The van der Waals surface area contributed by atoms with Crippen LogP contribution >= 0.6 is 0 Å². The van der Waals surface area contributed by atoms with Crippen LogP contribution in [0.2, 0.25) is 0 Å². The molecule has 2 aliphatic heterocycles. The van der Waals surface area contributed by atoms with Gasteiger partial charge in [-0.3, -0.25) is 0 Å². The van der Waals surface area contributed by atoms with Gasteiger partial charge in [-0.15, -0.1) is 0 Å². The Morgan fingerprint density at radius 2 is 2.20 bits per heavy atom. The van der Waals surface area contributed by atoms with Crippen molar-refractivity contribution in [2.24, 2.45) is 11.8 Å². The monoisotopic (exact) mass is 213 g/mol. The van der Waals surface area contributed by atoms with Crippen molar-refractivity contribution in [2.75, 3.05) is 26.3 Å². The average Bonchev–Trinajstić information content (AvgIpc) is 2.71. The van der Waals surface area contributed by atoms with E-state index in [9.17, 15) is 0 Å². The molecule has 0 bridgehead atoms. The Labute approximate surface area is 92.5 Å². The highest BCUT2D eigenvalue weighted by Crippen LogP contribution is 2.30. The van der Waals surface area contributed by atoms with Gasteiger partial charge in [0.1, 0.15) is 0 Å². The second-order valence-electron chi connectivity index (χ2n) is 5.22. The first-order chi connectivity index (χ1) is 7.25. The van der Waals surface area contributed by atoms with Gasteiger partial charge in [0.05, 0.1) is 25.4 Å². The Bertz CT molecular complexity index is 184. The van der Waals surface area contributed by atoms with Crippen LogP contribution in [0.3, 0.4) is 0 Å². The molecule has 2 heterocycles. The number of rotatable bonds is 5. The molecule has 0 aromatic carbocycles. The molecule has 0 saturated carbocycles. The van der Waals surface area contributed by atoms with Gasteiger partial charge in [0.25, 0.3) is 0 Å². The van der Waals surface area contributed by atoms with E-state index in [1.165, 1.54) is 12.8 Å². The van der Waals surface area contributed by atoms with E-state index in [2.05, 4.69) is 19.2 Å². The van der Waals surface area contributed by atoms with Gasteiger partial charge in [-0.25, -0.2) is 0 Å². The van der Waals surface area contributed by atoms with Crippen LogP contribution in [0.15, 0.2) is 0 Å². The lowest BCUT2D eigenvalue weighted by molar-refractivity contribution is 0.0205. The zero-order valence-corrected chi connectivity index (χ0v) is 9.87. The molecule has 88 valence electrons. The van der Waals surface area contributed by atoms with Gasteiger partial charge in [0, 0.05) is 12.5 Å². The van der Waals surface area contributed by atoms with Crippen molar-refractivity contribution in [3.63, 3.8) is 0 Å². The Hall–Kier alpha value is -0.120. The van der Waals surface area contributed by atoms with Crippen molar-refractivity contribution >= 4 is 0 Å². The van der Waals surface area contributed by atoms with E-state index < -0.39 is 0 Å². The first-order valence-electron chi connectivity index (χ1n) is 6.19. The van der Waals surface area contributed by atoms with Crippen molar-refractivity contribution in [1.82, 2.24) is 5.32 Å². The van der Waals surface area contributed by atoms with Gasteiger partial charge >= 0.3 is 0 Å². The first-order valence-corrected chi connectivity index (χ1v) is 6.19. The maximum atomic E-state index is 5.90. The molecular formula is C12H23NO2. The Morgan fingerprint density at radius 3 is 2.93 bits per heavy atom. The minimum Gasteiger partial charge on any atom is -0.378 e. The van der Waals surface area contributed by atoms with Crippen LogP contribution in [-0.4, -0.2) is 38.5 Å². The van der Waals surface area contributed by atoms with Gasteiger partial charge in [0.15, 0.2) is 0 Å². The topological polar surface area (TPSA) is 30.5 Å². The van der Waals surface area contributed by atoms with Crippen LogP contribution < -0.4 is 5.32 Å². The summed E-state index contributed by atoms with van der Waals surface area (Å²) < 4.78 is 11.3. The molecule has 2 fully saturated rings. The van der Waals surface area contributed by atoms with Crippen molar-refractivity contribution < 1.29 is 9.47 Å². The van der Waals surface area contributed by atoms with Gasteiger partial charge in [-0.1, -0.05) is 13.8 Å². The molecule has 2 rings (SSSR count). The molecule has 0 aromatic rings. The van der Waals surface area contributed by atoms with Crippen LogP contribution in [0.1, 0.15) is 26.7 Å². The molecule has 0 aromatic heterocycles. The fraction of sp³-hybridized carbons (Fsp3) is 1.00. The molecular weight excluding hydrogens is 190 g/mol. The maximum Gasteiger partial charge on any atom is 0.0863 e. The number of hydrogen-bond acceptors (Lipinski definition) is 3. The number of nitrogens with one attached hydrogen (secondary N) is 1. The third-order valence-electron chi connectivity index (χ3n) is 3.34. The van der Waals surface area contributed by atoms with Gasteiger partial charge in [-0.05, 0) is 25.3 Å². The van der Waals surface area contributed by atoms with Gasteiger partial charge in [-0.2, -0.15) is 0 Å². The second kappa shape index (κ2) is 5.28. The zero-order valence-electron chi connectivity index (χ0n) is 9.87. The molecule has 2 saturated heterocycles. The fourth-order valence-corrected chi connectivity index (χ4v) is 2.37. The summed E-state index contributed by atoms with van der Waals surface area (Å²) in [7, 11) is 0. The van der Waals surface area contributed by atoms with Gasteiger partial charge in [0.2, 0.25) is 0 Å². The standard InChI is InChI=1S/C12H23NO2/c1-9(2)3-4-13-6-11-5-10-7-14-8-12(10)15-11/h9-13H,3-8H2,1-2H3/t10-,11?,12+/m1/s1. The van der Waals surface area contributed by atoms with Crippen LogP contribution in [-0.2, 0) is 9.47 Å². The SMILES string of the molecule is CC(C)CCNCC1C[C@@H]2COC[C@@H]2O1. The minimum atomic E-state index is 0.391. The number of hydrogen-bond donors (Lipinski definition) is 1. The van der Waals surface area contributed by atoms with Crippen LogP contribution in [0.4, 0.5) is 0 Å². The highest BCUT2D eigenvalue weighted by Gasteiger charge is 2.38. The minimum absolute atomic E-state index is 0.391. The summed E-state index contributed by atoms with van der Waals surface area (Å²) in [6, 6.07) is 0. The van der Waals surface area contributed by atoms with E-state index in [4.69, 9.17) is 9.47 Å². The lowest BCUT2D eigenvalue weighted by Crippen LogP contribution is -2.29. The second-order valence-corrected chi connectivity index (χ2v) is 5.22. The smallest absolute Gasteiger partial charge is 0.0863 e. The molecule has 1 N–H and O–H groups in total. The van der Waals surface area contributed by atoms with E-state index in [0.29, 0.717) is 18.1 Å².